The molecule has 1 aliphatic rings. The predicted molar refractivity (Wildman–Crippen MR) is 83.3 cm³/mol. The summed E-state index contributed by atoms with van der Waals surface area (Å²) in [5, 5.41) is 2.77. The van der Waals surface area contributed by atoms with Crippen LogP contribution in [0.4, 0.5) is 5.69 Å². The van der Waals surface area contributed by atoms with Crippen LogP contribution in [0.15, 0.2) is 48.0 Å². The summed E-state index contributed by atoms with van der Waals surface area (Å²) in [4.78, 5) is 24.6. The second-order valence-corrected chi connectivity index (χ2v) is 5.30. The highest BCUT2D eigenvalue weighted by molar-refractivity contribution is 6.36. The molecule has 3 rings (SSSR count). The summed E-state index contributed by atoms with van der Waals surface area (Å²) in [6.45, 7) is 3.92. The highest BCUT2D eigenvalue weighted by Gasteiger charge is 2.28. The van der Waals surface area contributed by atoms with Crippen LogP contribution in [-0.4, -0.2) is 11.7 Å². The summed E-state index contributed by atoms with van der Waals surface area (Å²) in [6.07, 6.45) is 1.64. The van der Waals surface area contributed by atoms with Gasteiger partial charge in [-0.15, -0.1) is 0 Å². The van der Waals surface area contributed by atoms with Crippen molar-refractivity contribution in [3.8, 4) is 0 Å². The standard InChI is InChI=1S/C18H15NO2/c1-11-3-6-13(7-4-11)10-15-17(20)14-9-12(2)5-8-16(14)19-18(15)21/h3-10H,1-2H3,(H,19,21). The minimum absolute atomic E-state index is 0.178. The predicted octanol–water partition coefficient (Wildman–Crippen LogP) is 3.52. The van der Waals surface area contributed by atoms with Gasteiger partial charge in [0.25, 0.3) is 5.91 Å². The maximum atomic E-state index is 12.5. The van der Waals surface area contributed by atoms with Gasteiger partial charge in [0.15, 0.2) is 0 Å². The van der Waals surface area contributed by atoms with E-state index in [0.29, 0.717) is 11.3 Å². The first-order valence-corrected chi connectivity index (χ1v) is 6.79. The fourth-order valence-electron chi connectivity index (χ4n) is 2.35. The van der Waals surface area contributed by atoms with Crippen molar-refractivity contribution in [1.29, 1.82) is 0 Å². The molecule has 0 aliphatic carbocycles. The molecule has 3 heteroatoms. The van der Waals surface area contributed by atoms with Crippen LogP contribution in [0.1, 0.15) is 27.0 Å². The molecular weight excluding hydrogens is 262 g/mol. The first kappa shape index (κ1) is 13.3. The van der Waals surface area contributed by atoms with E-state index in [1.54, 1.807) is 18.2 Å². The van der Waals surface area contributed by atoms with E-state index in [1.807, 2.05) is 44.2 Å². The lowest BCUT2D eigenvalue weighted by Crippen LogP contribution is -2.27. The highest BCUT2D eigenvalue weighted by atomic mass is 16.2. The minimum atomic E-state index is -0.350. The normalized spacial score (nSPS) is 15.8. The van der Waals surface area contributed by atoms with Crippen LogP contribution in [0.5, 0.6) is 0 Å². The molecule has 3 nitrogen and oxygen atoms in total. The van der Waals surface area contributed by atoms with Crippen LogP contribution in [0.2, 0.25) is 0 Å². The number of aryl methyl sites for hydroxylation is 2. The van der Waals surface area contributed by atoms with Crippen molar-refractivity contribution in [2.24, 2.45) is 0 Å². The van der Waals surface area contributed by atoms with Gasteiger partial charge in [0.05, 0.1) is 11.3 Å². The zero-order valence-corrected chi connectivity index (χ0v) is 11.9. The van der Waals surface area contributed by atoms with Crippen LogP contribution < -0.4 is 5.32 Å². The maximum Gasteiger partial charge on any atom is 0.259 e. The Hall–Kier alpha value is -2.68. The van der Waals surface area contributed by atoms with Crippen LogP contribution in [0, 0.1) is 13.8 Å². The second kappa shape index (κ2) is 5.02. The Morgan fingerprint density at radius 2 is 1.57 bits per heavy atom. The number of carbonyl (C=O) groups is 2. The van der Waals surface area contributed by atoms with Crippen molar-refractivity contribution in [3.63, 3.8) is 0 Å². The number of anilines is 1. The lowest BCUT2D eigenvalue weighted by molar-refractivity contribution is -0.112. The number of nitrogens with one attached hydrogen (secondary N) is 1. The van der Waals surface area contributed by atoms with Crippen LogP contribution in [-0.2, 0) is 4.79 Å². The third-order valence-electron chi connectivity index (χ3n) is 3.55. The van der Waals surface area contributed by atoms with Crippen molar-refractivity contribution in [1.82, 2.24) is 0 Å². The SMILES string of the molecule is Cc1ccc(C=C2C(=O)Nc3ccc(C)cc3C2=O)cc1. The topological polar surface area (TPSA) is 46.2 Å². The van der Waals surface area contributed by atoms with E-state index in [9.17, 15) is 9.59 Å². The van der Waals surface area contributed by atoms with E-state index in [-0.39, 0.29) is 17.3 Å². The number of hydrogen-bond donors (Lipinski definition) is 1. The quantitative estimate of drug-likeness (QED) is 0.640. The number of fused-ring (bicyclic) bond motifs is 1. The van der Waals surface area contributed by atoms with E-state index in [2.05, 4.69) is 5.32 Å². The van der Waals surface area contributed by atoms with Gasteiger partial charge in [-0.25, -0.2) is 0 Å². The minimum Gasteiger partial charge on any atom is -0.321 e. The number of rotatable bonds is 1. The molecule has 0 spiro atoms. The highest BCUT2D eigenvalue weighted by Crippen LogP contribution is 2.27. The Balaban J connectivity index is 2.06. The molecular formula is C18H15NO2. The monoisotopic (exact) mass is 277 g/mol. The van der Waals surface area contributed by atoms with Crippen molar-refractivity contribution in [3.05, 3.63) is 70.3 Å². The van der Waals surface area contributed by atoms with Gasteiger partial charge in [0, 0.05) is 5.56 Å². The Bertz CT molecular complexity index is 770. The van der Waals surface area contributed by atoms with E-state index >= 15 is 0 Å². The lowest BCUT2D eigenvalue weighted by Gasteiger charge is -2.18. The van der Waals surface area contributed by atoms with E-state index in [4.69, 9.17) is 0 Å². The van der Waals surface area contributed by atoms with Crippen LogP contribution >= 0.6 is 0 Å². The maximum absolute atomic E-state index is 12.5. The zero-order valence-electron chi connectivity index (χ0n) is 11.9. The van der Waals surface area contributed by atoms with E-state index in [1.165, 1.54) is 0 Å². The number of hydrogen-bond acceptors (Lipinski definition) is 2. The molecule has 0 unspecified atom stereocenters. The summed E-state index contributed by atoms with van der Waals surface area (Å²) >= 11 is 0. The Kier molecular flexibility index (Phi) is 3.18. The zero-order chi connectivity index (χ0) is 15.0. The molecule has 0 radical (unpaired) electrons. The molecule has 104 valence electrons. The molecule has 1 N–H and O–H groups in total. The van der Waals surface area contributed by atoms with Crippen molar-refractivity contribution in [2.75, 3.05) is 5.32 Å². The van der Waals surface area contributed by atoms with Gasteiger partial charge in [-0.2, -0.15) is 0 Å². The summed E-state index contributed by atoms with van der Waals surface area (Å²) in [5.41, 5.74) is 4.28. The molecule has 21 heavy (non-hydrogen) atoms. The number of carbonyl (C=O) groups excluding carboxylic acids is 2. The smallest absolute Gasteiger partial charge is 0.259 e. The first-order chi connectivity index (χ1) is 10.0. The average molecular weight is 277 g/mol. The Morgan fingerprint density at radius 1 is 0.905 bits per heavy atom. The molecule has 0 bridgehead atoms. The Labute approximate surface area is 123 Å². The number of ketones is 1. The summed E-state index contributed by atoms with van der Waals surface area (Å²) in [6, 6.07) is 13.2. The molecule has 0 aromatic heterocycles. The number of Topliss-reactive ketones (excluding diaryl/α,β-unsaturated/α-hetero) is 1. The molecule has 1 amide bonds. The van der Waals surface area contributed by atoms with Crippen molar-refractivity contribution in [2.45, 2.75) is 13.8 Å². The molecule has 1 aliphatic heterocycles. The van der Waals surface area contributed by atoms with Crippen molar-refractivity contribution < 1.29 is 9.59 Å². The summed E-state index contributed by atoms with van der Waals surface area (Å²) < 4.78 is 0. The molecule has 0 fully saturated rings. The number of benzene rings is 2. The number of amides is 1. The molecule has 1 heterocycles. The van der Waals surface area contributed by atoms with Gasteiger partial charge < -0.3 is 5.32 Å². The van der Waals surface area contributed by atoms with Crippen molar-refractivity contribution >= 4 is 23.5 Å². The molecule has 2 aromatic rings. The fraction of sp³-hybridized carbons (Fsp3) is 0.111. The molecule has 2 aromatic carbocycles. The average Bonchev–Trinajstić information content (AvgIpc) is 2.46. The largest absolute Gasteiger partial charge is 0.321 e. The van der Waals surface area contributed by atoms with Gasteiger partial charge in [-0.05, 0) is 37.6 Å². The third-order valence-corrected chi connectivity index (χ3v) is 3.55. The lowest BCUT2D eigenvalue weighted by atomic mass is 9.94. The van der Waals surface area contributed by atoms with Gasteiger partial charge in [-0.1, -0.05) is 41.5 Å². The summed E-state index contributed by atoms with van der Waals surface area (Å²) in [5.74, 6) is -0.574. The van der Waals surface area contributed by atoms with Gasteiger partial charge in [0.2, 0.25) is 5.78 Å². The molecule has 0 saturated carbocycles. The van der Waals surface area contributed by atoms with Gasteiger partial charge >= 0.3 is 0 Å². The van der Waals surface area contributed by atoms with Gasteiger partial charge in [-0.3, -0.25) is 9.59 Å². The second-order valence-electron chi connectivity index (χ2n) is 5.30. The third kappa shape index (κ3) is 2.50. The van der Waals surface area contributed by atoms with Crippen LogP contribution in [0.25, 0.3) is 6.08 Å². The van der Waals surface area contributed by atoms with E-state index < -0.39 is 0 Å². The van der Waals surface area contributed by atoms with Gasteiger partial charge in [0.1, 0.15) is 0 Å². The first-order valence-electron chi connectivity index (χ1n) is 6.79. The van der Waals surface area contributed by atoms with E-state index in [0.717, 1.165) is 16.7 Å². The Morgan fingerprint density at radius 3 is 2.29 bits per heavy atom. The molecule has 0 saturated heterocycles. The fourth-order valence-corrected chi connectivity index (χ4v) is 2.35. The molecule has 0 atom stereocenters. The summed E-state index contributed by atoms with van der Waals surface area (Å²) in [7, 11) is 0. The van der Waals surface area contributed by atoms with Crippen LogP contribution in [0.3, 0.4) is 0 Å².